The van der Waals surface area contributed by atoms with Gasteiger partial charge in [-0.3, -0.25) is 4.68 Å². The van der Waals surface area contributed by atoms with Crippen LogP contribution in [-0.4, -0.2) is 28.9 Å². The van der Waals surface area contributed by atoms with Gasteiger partial charge in [-0.2, -0.15) is 5.10 Å². The molecule has 0 amide bonds. The maximum atomic E-state index is 4.66. The fourth-order valence-corrected chi connectivity index (χ4v) is 3.28. The predicted molar refractivity (Wildman–Crippen MR) is 85.1 cm³/mol. The van der Waals surface area contributed by atoms with Crippen molar-refractivity contribution in [3.63, 3.8) is 0 Å². The van der Waals surface area contributed by atoms with Crippen LogP contribution in [0.4, 0.5) is 5.82 Å². The molecule has 0 aromatic carbocycles. The van der Waals surface area contributed by atoms with Gasteiger partial charge in [-0.05, 0) is 38.6 Å². The highest BCUT2D eigenvalue weighted by Gasteiger charge is 2.28. The highest BCUT2D eigenvalue weighted by molar-refractivity contribution is 5.51. The Bertz CT molecular complexity index is 436. The number of aromatic nitrogens is 2. The first-order valence-corrected chi connectivity index (χ1v) is 8.04. The van der Waals surface area contributed by atoms with E-state index in [-0.39, 0.29) is 0 Å². The van der Waals surface area contributed by atoms with Gasteiger partial charge in [0.2, 0.25) is 0 Å². The van der Waals surface area contributed by atoms with Crippen LogP contribution in [0.25, 0.3) is 0 Å². The zero-order chi connectivity index (χ0) is 14.7. The van der Waals surface area contributed by atoms with Crippen molar-refractivity contribution in [1.29, 1.82) is 0 Å². The summed E-state index contributed by atoms with van der Waals surface area (Å²) in [7, 11) is 2.08. The summed E-state index contributed by atoms with van der Waals surface area (Å²) < 4.78 is 2.08. The smallest absolute Gasteiger partial charge is 0.131 e. The quantitative estimate of drug-likeness (QED) is 0.868. The van der Waals surface area contributed by atoms with Crippen molar-refractivity contribution >= 4 is 5.82 Å². The summed E-state index contributed by atoms with van der Waals surface area (Å²) >= 11 is 0. The van der Waals surface area contributed by atoms with Crippen LogP contribution in [0.2, 0.25) is 0 Å². The fraction of sp³-hybridized carbons (Fsp3) is 0.812. The Kier molecular flexibility index (Phi) is 5.08. The molecule has 1 atom stereocenters. The van der Waals surface area contributed by atoms with Gasteiger partial charge in [-0.25, -0.2) is 0 Å². The Morgan fingerprint density at radius 3 is 2.80 bits per heavy atom. The molecular formula is C16H30N4. The van der Waals surface area contributed by atoms with Gasteiger partial charge in [0.15, 0.2) is 0 Å². The molecular weight excluding hydrogens is 248 g/mol. The molecule has 0 saturated carbocycles. The highest BCUT2D eigenvalue weighted by Crippen LogP contribution is 2.31. The van der Waals surface area contributed by atoms with E-state index in [0.29, 0.717) is 12.0 Å². The summed E-state index contributed by atoms with van der Waals surface area (Å²) in [6.07, 6.45) is 3.85. The first-order chi connectivity index (χ1) is 9.54. The van der Waals surface area contributed by atoms with Gasteiger partial charge in [-0.1, -0.05) is 20.8 Å². The predicted octanol–water partition coefficient (Wildman–Crippen LogP) is 2.85. The third kappa shape index (κ3) is 3.17. The Morgan fingerprint density at radius 2 is 2.15 bits per heavy atom. The van der Waals surface area contributed by atoms with E-state index in [1.54, 1.807) is 0 Å². The van der Waals surface area contributed by atoms with E-state index in [0.717, 1.165) is 13.1 Å². The zero-order valence-corrected chi connectivity index (χ0v) is 13.7. The standard InChI is InChI=1S/C16H30N4/c1-6-14-8-7-9-20(14)16-15(11-17-10-12(2)3)13(4)18-19(16)5/h12,14,17H,6-11H2,1-5H3. The largest absolute Gasteiger partial charge is 0.354 e. The monoisotopic (exact) mass is 278 g/mol. The molecule has 4 heteroatoms. The van der Waals surface area contributed by atoms with Gasteiger partial charge >= 0.3 is 0 Å². The van der Waals surface area contributed by atoms with Crippen molar-refractivity contribution in [2.45, 2.75) is 59.5 Å². The van der Waals surface area contributed by atoms with Crippen molar-refractivity contribution in [1.82, 2.24) is 15.1 Å². The Balaban J connectivity index is 2.18. The summed E-state index contributed by atoms with van der Waals surface area (Å²) in [6, 6.07) is 0.689. The minimum atomic E-state index is 0.686. The topological polar surface area (TPSA) is 33.1 Å². The molecule has 1 aliphatic heterocycles. The van der Waals surface area contributed by atoms with Gasteiger partial charge in [0.05, 0.1) is 5.69 Å². The van der Waals surface area contributed by atoms with Crippen LogP contribution in [0.1, 0.15) is 51.3 Å². The molecule has 4 nitrogen and oxygen atoms in total. The number of hydrogen-bond acceptors (Lipinski definition) is 3. The van der Waals surface area contributed by atoms with E-state index >= 15 is 0 Å². The maximum Gasteiger partial charge on any atom is 0.131 e. The SMILES string of the molecule is CCC1CCCN1c1c(CNCC(C)C)c(C)nn1C. The van der Waals surface area contributed by atoms with Gasteiger partial charge in [0, 0.05) is 31.7 Å². The van der Waals surface area contributed by atoms with E-state index in [9.17, 15) is 0 Å². The number of rotatable bonds is 6. The lowest BCUT2D eigenvalue weighted by Gasteiger charge is -2.27. The number of aryl methyl sites for hydroxylation is 2. The number of hydrogen-bond donors (Lipinski definition) is 1. The molecule has 1 fully saturated rings. The third-order valence-electron chi connectivity index (χ3n) is 4.29. The number of nitrogens with one attached hydrogen (secondary N) is 1. The molecule has 20 heavy (non-hydrogen) atoms. The van der Waals surface area contributed by atoms with E-state index in [1.165, 1.54) is 42.9 Å². The minimum absolute atomic E-state index is 0.686. The average molecular weight is 278 g/mol. The first kappa shape index (κ1) is 15.4. The molecule has 2 rings (SSSR count). The van der Waals surface area contributed by atoms with E-state index in [1.807, 2.05) is 0 Å². The second kappa shape index (κ2) is 6.61. The van der Waals surface area contributed by atoms with Crippen molar-refractivity contribution in [2.75, 3.05) is 18.0 Å². The summed E-state index contributed by atoms with van der Waals surface area (Å²) in [5.41, 5.74) is 2.55. The molecule has 1 aromatic heterocycles. The summed E-state index contributed by atoms with van der Waals surface area (Å²) in [5.74, 6) is 2.02. The summed E-state index contributed by atoms with van der Waals surface area (Å²) in [5, 5.41) is 8.23. The van der Waals surface area contributed by atoms with Crippen LogP contribution >= 0.6 is 0 Å². The summed E-state index contributed by atoms with van der Waals surface area (Å²) in [6.45, 7) is 12.1. The van der Waals surface area contributed by atoms with Gasteiger partial charge < -0.3 is 10.2 Å². The van der Waals surface area contributed by atoms with E-state index in [2.05, 4.69) is 54.7 Å². The average Bonchev–Trinajstić information content (AvgIpc) is 2.94. The van der Waals surface area contributed by atoms with Crippen molar-refractivity contribution in [3.05, 3.63) is 11.3 Å². The number of anilines is 1. The van der Waals surface area contributed by atoms with Crippen LogP contribution in [0, 0.1) is 12.8 Å². The normalized spacial score (nSPS) is 19.3. The lowest BCUT2D eigenvalue weighted by atomic mass is 10.1. The van der Waals surface area contributed by atoms with Crippen LogP contribution in [-0.2, 0) is 13.6 Å². The molecule has 114 valence electrons. The Hall–Kier alpha value is -1.03. The first-order valence-electron chi connectivity index (χ1n) is 8.04. The molecule has 0 bridgehead atoms. The van der Waals surface area contributed by atoms with Crippen molar-refractivity contribution in [3.8, 4) is 0 Å². The van der Waals surface area contributed by atoms with Crippen LogP contribution < -0.4 is 10.2 Å². The molecule has 0 spiro atoms. The van der Waals surface area contributed by atoms with Crippen molar-refractivity contribution < 1.29 is 0 Å². The maximum absolute atomic E-state index is 4.66. The molecule has 1 unspecified atom stereocenters. The minimum Gasteiger partial charge on any atom is -0.354 e. The Labute approximate surface area is 123 Å². The molecule has 0 radical (unpaired) electrons. The number of nitrogens with zero attached hydrogens (tertiary/aromatic N) is 3. The fourth-order valence-electron chi connectivity index (χ4n) is 3.28. The second-order valence-electron chi connectivity index (χ2n) is 6.43. The highest BCUT2D eigenvalue weighted by atomic mass is 15.4. The zero-order valence-electron chi connectivity index (χ0n) is 13.7. The molecule has 1 saturated heterocycles. The summed E-state index contributed by atoms with van der Waals surface area (Å²) in [4.78, 5) is 2.58. The lowest BCUT2D eigenvalue weighted by molar-refractivity contribution is 0.549. The molecule has 0 aliphatic carbocycles. The van der Waals surface area contributed by atoms with Crippen LogP contribution in [0.5, 0.6) is 0 Å². The third-order valence-corrected chi connectivity index (χ3v) is 4.29. The van der Waals surface area contributed by atoms with Crippen LogP contribution in [0.15, 0.2) is 0 Å². The van der Waals surface area contributed by atoms with Gasteiger partial charge in [0.1, 0.15) is 5.82 Å². The molecule has 2 heterocycles. The van der Waals surface area contributed by atoms with E-state index in [4.69, 9.17) is 0 Å². The molecule has 1 aliphatic rings. The van der Waals surface area contributed by atoms with Gasteiger partial charge in [0.25, 0.3) is 0 Å². The van der Waals surface area contributed by atoms with Gasteiger partial charge in [-0.15, -0.1) is 0 Å². The molecule has 1 N–H and O–H groups in total. The Morgan fingerprint density at radius 1 is 1.40 bits per heavy atom. The van der Waals surface area contributed by atoms with E-state index < -0.39 is 0 Å². The molecule has 1 aromatic rings. The second-order valence-corrected chi connectivity index (χ2v) is 6.43. The lowest BCUT2D eigenvalue weighted by Crippen LogP contribution is -2.32. The van der Waals surface area contributed by atoms with Crippen molar-refractivity contribution in [2.24, 2.45) is 13.0 Å². The van der Waals surface area contributed by atoms with Crippen LogP contribution in [0.3, 0.4) is 0 Å².